The van der Waals surface area contributed by atoms with Gasteiger partial charge in [-0.25, -0.2) is 0 Å². The predicted molar refractivity (Wildman–Crippen MR) is 98.9 cm³/mol. The second-order valence-corrected chi connectivity index (χ2v) is 6.65. The van der Waals surface area contributed by atoms with Crippen LogP contribution in [0.15, 0.2) is 24.3 Å². The number of aliphatic hydroxyl groups is 1. The molecule has 0 saturated carbocycles. The Morgan fingerprint density at radius 3 is 2.92 bits per heavy atom. The number of piperidine rings is 1. The summed E-state index contributed by atoms with van der Waals surface area (Å²) >= 11 is 0. The first-order valence-electron chi connectivity index (χ1n) is 8.98. The van der Waals surface area contributed by atoms with E-state index in [2.05, 4.69) is 11.0 Å². The summed E-state index contributed by atoms with van der Waals surface area (Å²) in [7, 11) is 1.42. The van der Waals surface area contributed by atoms with Gasteiger partial charge in [-0.15, -0.1) is 0 Å². The molecule has 0 amide bonds. The molecule has 3 rings (SSSR count). The minimum atomic E-state index is -0.253. The van der Waals surface area contributed by atoms with Crippen LogP contribution in [0.4, 0.5) is 5.69 Å². The third-order valence-electron chi connectivity index (χ3n) is 5.10. The number of hydrogen-bond donors (Lipinski definition) is 1. The maximum atomic E-state index is 12.0. The number of para-hydroxylation sites is 1. The molecule has 1 fully saturated rings. The Kier molecular flexibility index (Phi) is 5.53. The number of ether oxygens (including phenoxy) is 1. The fraction of sp³-hybridized carbons (Fsp3) is 0.500. The number of aryl methyl sites for hydroxylation is 1. The summed E-state index contributed by atoms with van der Waals surface area (Å²) in [6, 6.07) is 8.37. The van der Waals surface area contributed by atoms with Gasteiger partial charge in [-0.05, 0) is 38.7 Å². The van der Waals surface area contributed by atoms with Crippen LogP contribution in [0.1, 0.15) is 36.9 Å². The van der Waals surface area contributed by atoms with Gasteiger partial charge in [0, 0.05) is 35.8 Å². The summed E-state index contributed by atoms with van der Waals surface area (Å²) in [6.07, 6.45) is 4.32. The molecule has 1 aromatic heterocycles. The quantitative estimate of drug-likeness (QED) is 0.847. The maximum Gasteiger partial charge on any atom is 0.310 e. The molecule has 2 aromatic rings. The number of pyridine rings is 1. The average Bonchev–Trinajstić information content (AvgIpc) is 2.63. The van der Waals surface area contributed by atoms with E-state index in [1.807, 2.05) is 25.1 Å². The van der Waals surface area contributed by atoms with Crippen molar-refractivity contribution in [3.05, 3.63) is 35.5 Å². The summed E-state index contributed by atoms with van der Waals surface area (Å²) in [4.78, 5) is 19.1. The maximum absolute atomic E-state index is 12.0. The molecule has 1 unspecified atom stereocenters. The van der Waals surface area contributed by atoms with Crippen LogP contribution in [0.3, 0.4) is 0 Å². The summed E-state index contributed by atoms with van der Waals surface area (Å²) in [5.41, 5.74) is 3.84. The molecule has 1 N–H and O–H groups in total. The average molecular weight is 342 g/mol. The molecule has 2 heterocycles. The standard InChI is InChI=1S/C20H26N2O3/c1-14-17(13-19(24)25-2)20(16-8-3-4-9-18(16)21-14)22-11-6-5-7-15(22)10-12-23/h3-4,8-9,15,23H,5-7,10-13H2,1-2H3. The number of nitrogens with zero attached hydrogens (tertiary/aromatic N) is 2. The molecule has 0 spiro atoms. The number of hydrogen-bond acceptors (Lipinski definition) is 5. The molecule has 5 heteroatoms. The SMILES string of the molecule is COC(=O)Cc1c(C)nc2ccccc2c1N1CCCCC1CCO. The summed E-state index contributed by atoms with van der Waals surface area (Å²) in [6.45, 7) is 3.07. The highest BCUT2D eigenvalue weighted by Crippen LogP contribution is 2.36. The summed E-state index contributed by atoms with van der Waals surface area (Å²) in [5.74, 6) is -0.253. The normalized spacial score (nSPS) is 17.7. The van der Waals surface area contributed by atoms with Crippen molar-refractivity contribution in [2.45, 2.75) is 45.1 Å². The molecule has 1 aliphatic heterocycles. The first-order chi connectivity index (χ1) is 12.2. The van der Waals surface area contributed by atoms with Crippen LogP contribution < -0.4 is 4.90 Å². The van der Waals surface area contributed by atoms with Gasteiger partial charge in [-0.2, -0.15) is 0 Å². The number of benzene rings is 1. The van der Waals surface area contributed by atoms with Crippen molar-refractivity contribution in [2.75, 3.05) is 25.2 Å². The Labute approximate surface area is 148 Å². The molecule has 1 aromatic carbocycles. The van der Waals surface area contributed by atoms with Crippen molar-refractivity contribution < 1.29 is 14.6 Å². The Morgan fingerprint density at radius 2 is 2.16 bits per heavy atom. The monoisotopic (exact) mass is 342 g/mol. The number of esters is 1. The summed E-state index contributed by atoms with van der Waals surface area (Å²) in [5, 5.41) is 10.6. The fourth-order valence-electron chi connectivity index (χ4n) is 3.85. The van der Waals surface area contributed by atoms with E-state index >= 15 is 0 Å². The molecular weight excluding hydrogens is 316 g/mol. The van der Waals surface area contributed by atoms with Crippen molar-refractivity contribution in [3.63, 3.8) is 0 Å². The van der Waals surface area contributed by atoms with Crippen molar-refractivity contribution >= 4 is 22.6 Å². The number of aromatic nitrogens is 1. The highest BCUT2D eigenvalue weighted by molar-refractivity contribution is 5.95. The number of carbonyl (C=O) groups is 1. The van der Waals surface area contributed by atoms with Gasteiger partial charge in [-0.1, -0.05) is 18.2 Å². The van der Waals surface area contributed by atoms with E-state index in [1.165, 1.54) is 13.5 Å². The van der Waals surface area contributed by atoms with Crippen LogP contribution in [0, 0.1) is 6.92 Å². The van der Waals surface area contributed by atoms with Gasteiger partial charge in [-0.3, -0.25) is 9.78 Å². The van der Waals surface area contributed by atoms with Gasteiger partial charge in [0.25, 0.3) is 0 Å². The molecular formula is C20H26N2O3. The van der Waals surface area contributed by atoms with Gasteiger partial charge >= 0.3 is 5.97 Å². The smallest absolute Gasteiger partial charge is 0.310 e. The largest absolute Gasteiger partial charge is 0.469 e. The van der Waals surface area contributed by atoms with Crippen molar-refractivity contribution in [2.24, 2.45) is 0 Å². The third kappa shape index (κ3) is 3.61. The number of anilines is 1. The van der Waals surface area contributed by atoms with E-state index in [1.54, 1.807) is 0 Å². The lowest BCUT2D eigenvalue weighted by Crippen LogP contribution is -2.41. The molecule has 1 atom stereocenters. The minimum absolute atomic E-state index is 0.176. The van der Waals surface area contributed by atoms with E-state index < -0.39 is 0 Å². The van der Waals surface area contributed by atoms with Crippen LogP contribution >= 0.6 is 0 Å². The van der Waals surface area contributed by atoms with Crippen molar-refractivity contribution in [1.29, 1.82) is 0 Å². The Morgan fingerprint density at radius 1 is 1.36 bits per heavy atom. The molecule has 0 aliphatic carbocycles. The zero-order valence-corrected chi connectivity index (χ0v) is 15.0. The number of fused-ring (bicyclic) bond motifs is 1. The summed E-state index contributed by atoms with van der Waals surface area (Å²) < 4.78 is 4.91. The van der Waals surface area contributed by atoms with Crippen molar-refractivity contribution in [1.82, 2.24) is 4.98 Å². The molecule has 134 valence electrons. The van der Waals surface area contributed by atoms with Gasteiger partial charge in [0.05, 0.1) is 24.7 Å². The van der Waals surface area contributed by atoms with Gasteiger partial charge in [0.1, 0.15) is 0 Å². The zero-order chi connectivity index (χ0) is 17.8. The minimum Gasteiger partial charge on any atom is -0.469 e. The highest BCUT2D eigenvalue weighted by Gasteiger charge is 2.27. The van der Waals surface area contributed by atoms with E-state index in [9.17, 15) is 9.90 Å². The molecule has 1 saturated heterocycles. The van der Waals surface area contributed by atoms with Crippen LogP contribution in [-0.4, -0.2) is 42.4 Å². The van der Waals surface area contributed by atoms with Crippen LogP contribution in [0.25, 0.3) is 10.9 Å². The first kappa shape index (κ1) is 17.7. The van der Waals surface area contributed by atoms with Crippen LogP contribution in [0.2, 0.25) is 0 Å². The lowest BCUT2D eigenvalue weighted by atomic mass is 9.95. The van der Waals surface area contributed by atoms with Crippen LogP contribution in [-0.2, 0) is 16.0 Å². The topological polar surface area (TPSA) is 62.7 Å². The zero-order valence-electron chi connectivity index (χ0n) is 15.0. The second kappa shape index (κ2) is 7.83. The number of carbonyl (C=O) groups excluding carboxylic acids is 1. The lowest BCUT2D eigenvalue weighted by molar-refractivity contribution is -0.139. The number of methoxy groups -OCH3 is 1. The Hall–Kier alpha value is -2.14. The van der Waals surface area contributed by atoms with Crippen molar-refractivity contribution in [3.8, 4) is 0 Å². The molecule has 5 nitrogen and oxygen atoms in total. The van der Waals surface area contributed by atoms with E-state index in [0.717, 1.165) is 53.7 Å². The van der Waals surface area contributed by atoms with Crippen LogP contribution in [0.5, 0.6) is 0 Å². The first-order valence-corrected chi connectivity index (χ1v) is 8.98. The highest BCUT2D eigenvalue weighted by atomic mass is 16.5. The number of aliphatic hydroxyl groups excluding tert-OH is 1. The van der Waals surface area contributed by atoms with Gasteiger partial charge < -0.3 is 14.7 Å². The van der Waals surface area contributed by atoms with Gasteiger partial charge in [0.15, 0.2) is 0 Å². The lowest BCUT2D eigenvalue weighted by Gasteiger charge is -2.39. The Balaban J connectivity index is 2.18. The van der Waals surface area contributed by atoms with E-state index in [-0.39, 0.29) is 19.0 Å². The second-order valence-electron chi connectivity index (χ2n) is 6.65. The molecule has 1 aliphatic rings. The Bertz CT molecular complexity index is 758. The molecule has 25 heavy (non-hydrogen) atoms. The van der Waals surface area contributed by atoms with E-state index in [4.69, 9.17) is 9.72 Å². The van der Waals surface area contributed by atoms with Gasteiger partial charge in [0.2, 0.25) is 0 Å². The third-order valence-corrected chi connectivity index (χ3v) is 5.10. The van der Waals surface area contributed by atoms with E-state index in [0.29, 0.717) is 6.04 Å². The predicted octanol–water partition coefficient (Wildman–Crippen LogP) is 3.00. The molecule has 0 radical (unpaired) electrons. The fourth-order valence-corrected chi connectivity index (χ4v) is 3.85. The number of rotatable bonds is 5. The molecule has 0 bridgehead atoms.